The number of aryl methyl sites for hydroxylation is 1. The van der Waals surface area contributed by atoms with E-state index in [0.717, 1.165) is 0 Å². The van der Waals surface area contributed by atoms with Crippen LogP contribution in [0.2, 0.25) is 0 Å². The maximum atomic E-state index is 13.5. The van der Waals surface area contributed by atoms with E-state index in [0.29, 0.717) is 5.76 Å². The number of hydrogen-bond donors (Lipinski definition) is 2. The summed E-state index contributed by atoms with van der Waals surface area (Å²) in [5.41, 5.74) is 4.47. The van der Waals surface area contributed by atoms with Crippen LogP contribution in [0, 0.1) is 5.82 Å². The van der Waals surface area contributed by atoms with E-state index in [1.807, 2.05) is 0 Å². The number of aromatic nitrogens is 2. The maximum absolute atomic E-state index is 13.5. The van der Waals surface area contributed by atoms with E-state index in [4.69, 9.17) is 13.7 Å². The van der Waals surface area contributed by atoms with E-state index >= 15 is 0 Å². The number of rotatable bonds is 7. The number of amides is 2. The van der Waals surface area contributed by atoms with Gasteiger partial charge in [-0.3, -0.25) is 20.4 Å². The minimum Gasteiger partial charge on any atom is -0.478 e. The molecule has 3 aromatic rings. The molecular weight excluding hydrogens is 371 g/mol. The highest BCUT2D eigenvalue weighted by molar-refractivity contribution is 5.84. The number of ether oxygens (including phenoxy) is 1. The van der Waals surface area contributed by atoms with Crippen molar-refractivity contribution in [1.29, 1.82) is 0 Å². The standard InChI is InChI=1S/C18H17FN4O5/c1-11(27-13-6-3-2-5-12(13)19)18(25)22-21-15(24)8-9-16-20-17(23-28-16)14-7-4-10-26-14/h2-7,10-11H,8-9H2,1H3,(H,21,24)(H,22,25). The highest BCUT2D eigenvalue weighted by Crippen LogP contribution is 2.17. The van der Waals surface area contributed by atoms with Gasteiger partial charge in [0.15, 0.2) is 23.4 Å². The van der Waals surface area contributed by atoms with Gasteiger partial charge in [0, 0.05) is 12.8 Å². The molecule has 0 saturated carbocycles. The number of nitrogens with one attached hydrogen (secondary N) is 2. The van der Waals surface area contributed by atoms with Crippen LogP contribution in [0.5, 0.6) is 5.75 Å². The Morgan fingerprint density at radius 1 is 1.21 bits per heavy atom. The van der Waals surface area contributed by atoms with Gasteiger partial charge < -0.3 is 13.7 Å². The van der Waals surface area contributed by atoms with E-state index in [2.05, 4.69) is 21.0 Å². The lowest BCUT2D eigenvalue weighted by atomic mass is 10.3. The summed E-state index contributed by atoms with van der Waals surface area (Å²) in [7, 11) is 0. The molecule has 10 heteroatoms. The zero-order chi connectivity index (χ0) is 19.9. The molecule has 0 aliphatic carbocycles. The monoisotopic (exact) mass is 388 g/mol. The second kappa shape index (κ2) is 8.80. The first-order valence-electron chi connectivity index (χ1n) is 8.39. The summed E-state index contributed by atoms with van der Waals surface area (Å²) in [6.07, 6.45) is 0.654. The average Bonchev–Trinajstić information content (AvgIpc) is 3.37. The van der Waals surface area contributed by atoms with E-state index in [1.54, 1.807) is 18.2 Å². The van der Waals surface area contributed by atoms with Gasteiger partial charge in [0.1, 0.15) is 0 Å². The second-order valence-corrected chi connectivity index (χ2v) is 5.72. The van der Waals surface area contributed by atoms with Crippen LogP contribution in [0.1, 0.15) is 19.2 Å². The van der Waals surface area contributed by atoms with E-state index < -0.39 is 23.7 Å². The molecular formula is C18H17FN4O5. The molecule has 0 radical (unpaired) electrons. The van der Waals surface area contributed by atoms with Crippen LogP contribution < -0.4 is 15.6 Å². The minimum absolute atomic E-state index is 0.00260. The Labute approximate surface area is 158 Å². The average molecular weight is 388 g/mol. The lowest BCUT2D eigenvalue weighted by molar-refractivity contribution is -0.132. The number of halogens is 1. The fraction of sp³-hybridized carbons (Fsp3) is 0.222. The van der Waals surface area contributed by atoms with Crippen LogP contribution in [-0.2, 0) is 16.0 Å². The van der Waals surface area contributed by atoms with Crippen molar-refractivity contribution in [3.63, 3.8) is 0 Å². The number of carbonyl (C=O) groups excluding carboxylic acids is 2. The van der Waals surface area contributed by atoms with Crippen molar-refractivity contribution >= 4 is 11.8 Å². The molecule has 1 aromatic carbocycles. The zero-order valence-corrected chi connectivity index (χ0v) is 14.8. The molecule has 1 unspecified atom stereocenters. The SMILES string of the molecule is CC(Oc1ccccc1F)C(=O)NNC(=O)CCc1nc(-c2ccco2)no1. The lowest BCUT2D eigenvalue weighted by Crippen LogP contribution is -2.47. The van der Waals surface area contributed by atoms with Crippen LogP contribution >= 0.6 is 0 Å². The molecule has 9 nitrogen and oxygen atoms in total. The molecule has 0 bridgehead atoms. The number of para-hydroxylation sites is 1. The third kappa shape index (κ3) is 4.93. The van der Waals surface area contributed by atoms with Gasteiger partial charge in [-0.2, -0.15) is 4.98 Å². The number of hydrazine groups is 1. The fourth-order valence-corrected chi connectivity index (χ4v) is 2.16. The number of nitrogens with zero attached hydrogens (tertiary/aromatic N) is 2. The maximum Gasteiger partial charge on any atom is 0.279 e. The number of hydrogen-bond acceptors (Lipinski definition) is 7. The Bertz CT molecular complexity index is 941. The van der Waals surface area contributed by atoms with Crippen molar-refractivity contribution in [1.82, 2.24) is 21.0 Å². The fourth-order valence-electron chi connectivity index (χ4n) is 2.16. The molecule has 2 heterocycles. The molecule has 2 amide bonds. The molecule has 2 aromatic heterocycles. The summed E-state index contributed by atoms with van der Waals surface area (Å²) >= 11 is 0. The van der Waals surface area contributed by atoms with E-state index in [-0.39, 0.29) is 30.3 Å². The van der Waals surface area contributed by atoms with E-state index in [1.165, 1.54) is 31.4 Å². The Morgan fingerprint density at radius 3 is 2.79 bits per heavy atom. The lowest BCUT2D eigenvalue weighted by Gasteiger charge is -2.15. The molecule has 0 aliphatic rings. The summed E-state index contributed by atoms with van der Waals surface area (Å²) in [6.45, 7) is 1.43. The Kier molecular flexibility index (Phi) is 6.00. The van der Waals surface area contributed by atoms with Crippen LogP contribution in [0.4, 0.5) is 4.39 Å². The predicted molar refractivity (Wildman–Crippen MR) is 93.1 cm³/mol. The summed E-state index contributed by atoms with van der Waals surface area (Å²) < 4.78 is 28.9. The normalized spacial score (nSPS) is 11.6. The van der Waals surface area contributed by atoms with Gasteiger partial charge in [-0.05, 0) is 31.2 Å². The predicted octanol–water partition coefficient (Wildman–Crippen LogP) is 2.02. The van der Waals surface area contributed by atoms with Crippen molar-refractivity contribution < 1.29 is 27.7 Å². The van der Waals surface area contributed by atoms with Gasteiger partial charge in [-0.25, -0.2) is 4.39 Å². The van der Waals surface area contributed by atoms with Gasteiger partial charge in [0.05, 0.1) is 6.26 Å². The van der Waals surface area contributed by atoms with Crippen LogP contribution in [-0.4, -0.2) is 28.1 Å². The molecule has 1 atom stereocenters. The first-order valence-corrected chi connectivity index (χ1v) is 8.39. The summed E-state index contributed by atoms with van der Waals surface area (Å²) in [5, 5.41) is 3.75. The highest BCUT2D eigenvalue weighted by atomic mass is 19.1. The molecule has 0 spiro atoms. The first kappa shape index (κ1) is 19.1. The Morgan fingerprint density at radius 2 is 2.04 bits per heavy atom. The smallest absolute Gasteiger partial charge is 0.279 e. The van der Waals surface area contributed by atoms with Crippen molar-refractivity contribution in [2.24, 2.45) is 0 Å². The minimum atomic E-state index is -1.01. The van der Waals surface area contributed by atoms with Gasteiger partial charge >= 0.3 is 0 Å². The first-order chi connectivity index (χ1) is 13.5. The summed E-state index contributed by atoms with van der Waals surface area (Å²) in [5.74, 6) is -0.744. The van der Waals surface area contributed by atoms with E-state index in [9.17, 15) is 14.0 Å². The van der Waals surface area contributed by atoms with Crippen molar-refractivity contribution in [2.75, 3.05) is 0 Å². The van der Waals surface area contributed by atoms with Gasteiger partial charge in [-0.15, -0.1) is 0 Å². The molecule has 0 aliphatic heterocycles. The summed E-state index contributed by atoms with van der Waals surface area (Å²) in [6, 6.07) is 9.09. The van der Waals surface area contributed by atoms with Crippen molar-refractivity contribution in [3.05, 3.63) is 54.4 Å². The number of carbonyl (C=O) groups is 2. The largest absolute Gasteiger partial charge is 0.478 e. The quantitative estimate of drug-likeness (QED) is 0.594. The molecule has 3 rings (SSSR count). The molecule has 0 saturated heterocycles. The van der Waals surface area contributed by atoms with Crippen molar-refractivity contribution in [3.8, 4) is 17.3 Å². The third-order valence-corrected chi connectivity index (χ3v) is 3.61. The molecule has 0 fully saturated rings. The number of benzene rings is 1. The Balaban J connectivity index is 1.41. The third-order valence-electron chi connectivity index (χ3n) is 3.61. The van der Waals surface area contributed by atoms with Crippen LogP contribution in [0.15, 0.2) is 51.6 Å². The Hall–Kier alpha value is -3.69. The van der Waals surface area contributed by atoms with Crippen LogP contribution in [0.3, 0.4) is 0 Å². The highest BCUT2D eigenvalue weighted by Gasteiger charge is 2.17. The molecule has 146 valence electrons. The topological polar surface area (TPSA) is 119 Å². The zero-order valence-electron chi connectivity index (χ0n) is 14.8. The second-order valence-electron chi connectivity index (χ2n) is 5.72. The molecule has 28 heavy (non-hydrogen) atoms. The number of furan rings is 1. The van der Waals surface area contributed by atoms with Gasteiger partial charge in [-0.1, -0.05) is 17.3 Å². The van der Waals surface area contributed by atoms with Crippen LogP contribution in [0.25, 0.3) is 11.6 Å². The van der Waals surface area contributed by atoms with Crippen molar-refractivity contribution in [2.45, 2.75) is 25.9 Å². The molecule has 2 N–H and O–H groups in total. The van der Waals surface area contributed by atoms with Gasteiger partial charge in [0.2, 0.25) is 17.6 Å². The summed E-state index contributed by atoms with van der Waals surface area (Å²) in [4.78, 5) is 27.9. The van der Waals surface area contributed by atoms with Gasteiger partial charge in [0.25, 0.3) is 5.91 Å².